The summed E-state index contributed by atoms with van der Waals surface area (Å²) < 4.78 is 54.4. The highest BCUT2D eigenvalue weighted by Gasteiger charge is 2.34. The van der Waals surface area contributed by atoms with E-state index in [0.29, 0.717) is 17.1 Å². The van der Waals surface area contributed by atoms with Gasteiger partial charge in [0, 0.05) is 19.8 Å². The fourth-order valence-corrected chi connectivity index (χ4v) is 4.79. The number of nitrogens with zero attached hydrogens (tertiary/aromatic N) is 3. The van der Waals surface area contributed by atoms with Crippen molar-refractivity contribution >= 4 is 23.4 Å². The summed E-state index contributed by atoms with van der Waals surface area (Å²) in [4.78, 5) is 39.2. The Balaban J connectivity index is 0.00000274. The molecule has 2 N–H and O–H groups in total. The van der Waals surface area contributed by atoms with E-state index in [1.807, 2.05) is 20.8 Å². The molecule has 12 heteroatoms. The molecule has 40 heavy (non-hydrogen) atoms. The Morgan fingerprint density at radius 1 is 1.12 bits per heavy atom. The van der Waals surface area contributed by atoms with Crippen LogP contribution in [0.15, 0.2) is 30.5 Å². The van der Waals surface area contributed by atoms with Gasteiger partial charge in [-0.05, 0) is 56.4 Å². The molecule has 222 valence electrons. The number of hydrogen-bond acceptors (Lipinski definition) is 4. The first-order chi connectivity index (χ1) is 18.9. The average molecular weight is 570 g/mol. The quantitative estimate of drug-likeness (QED) is 0.390. The first-order valence-corrected chi connectivity index (χ1v) is 13.7. The van der Waals surface area contributed by atoms with Crippen LogP contribution in [-0.4, -0.2) is 58.2 Å². The van der Waals surface area contributed by atoms with E-state index in [9.17, 15) is 31.9 Å². The van der Waals surface area contributed by atoms with Crippen LogP contribution in [-0.2, 0) is 16.1 Å². The number of carbonyl (C=O) groups excluding carboxylic acids is 3. The van der Waals surface area contributed by atoms with E-state index in [2.05, 4.69) is 15.7 Å². The third kappa shape index (κ3) is 8.79. The van der Waals surface area contributed by atoms with Gasteiger partial charge in [0.2, 0.25) is 11.8 Å². The third-order valence-corrected chi connectivity index (χ3v) is 6.85. The summed E-state index contributed by atoms with van der Waals surface area (Å²) in [5.74, 6) is -3.85. The van der Waals surface area contributed by atoms with Gasteiger partial charge in [-0.15, -0.1) is 0 Å². The minimum atomic E-state index is -4.55. The van der Waals surface area contributed by atoms with E-state index >= 15 is 0 Å². The standard InChI is InChI=1S/C26H33F4N5O3.C2H6/c1-4-35-21(12-13-31-35)23(36)33-22(17-8-6-5-7-9-17)24(37)32-20-11-10-18(14-19(20)27)16(2)25(38)34(3)15-26(28,29)30;1-2/h10-14,16-17,22H,4-9,15H2,1-3H3,(H,32,37)(H,33,36);1-2H3. The molecule has 1 aliphatic carbocycles. The molecule has 0 radical (unpaired) electrons. The molecule has 0 bridgehead atoms. The number of hydrogen-bond donors (Lipinski definition) is 2. The SMILES string of the molecule is CC.CCn1nccc1C(=O)NC(C(=O)Nc1ccc(C(C)C(=O)N(C)CC(F)(F)F)cc1F)C1CCCCC1. The highest BCUT2D eigenvalue weighted by Crippen LogP contribution is 2.29. The van der Waals surface area contributed by atoms with Gasteiger partial charge in [-0.3, -0.25) is 19.1 Å². The maximum atomic E-state index is 15.0. The number of rotatable bonds is 9. The van der Waals surface area contributed by atoms with Gasteiger partial charge >= 0.3 is 6.18 Å². The fourth-order valence-electron chi connectivity index (χ4n) is 4.79. The van der Waals surface area contributed by atoms with Gasteiger partial charge in [-0.2, -0.15) is 18.3 Å². The first kappa shape index (κ1) is 32.8. The highest BCUT2D eigenvalue weighted by atomic mass is 19.4. The van der Waals surface area contributed by atoms with Crippen molar-refractivity contribution in [3.8, 4) is 0 Å². The second kappa shape index (κ2) is 14.8. The number of amides is 3. The number of carbonyl (C=O) groups is 3. The van der Waals surface area contributed by atoms with Crippen molar-refractivity contribution in [2.75, 3.05) is 18.9 Å². The van der Waals surface area contributed by atoms with E-state index < -0.39 is 48.2 Å². The van der Waals surface area contributed by atoms with Crippen LogP contribution in [0.1, 0.15) is 81.8 Å². The molecule has 1 heterocycles. The zero-order valence-electron chi connectivity index (χ0n) is 23.6. The lowest BCUT2D eigenvalue weighted by Gasteiger charge is -2.30. The summed E-state index contributed by atoms with van der Waals surface area (Å²) in [6, 6.07) is 4.33. The number of aromatic nitrogens is 2. The minimum Gasteiger partial charge on any atom is -0.339 e. The molecule has 1 aromatic heterocycles. The lowest BCUT2D eigenvalue weighted by molar-refractivity contribution is -0.159. The Labute approximate surface area is 232 Å². The van der Waals surface area contributed by atoms with Gasteiger partial charge in [-0.1, -0.05) is 39.2 Å². The maximum absolute atomic E-state index is 15.0. The van der Waals surface area contributed by atoms with Gasteiger partial charge in [0.25, 0.3) is 5.91 Å². The van der Waals surface area contributed by atoms with Gasteiger partial charge < -0.3 is 15.5 Å². The molecule has 0 aliphatic heterocycles. The van der Waals surface area contributed by atoms with E-state index in [1.54, 1.807) is 6.07 Å². The molecule has 3 rings (SSSR count). The Hall–Kier alpha value is -3.44. The molecule has 0 saturated heterocycles. The molecule has 0 spiro atoms. The maximum Gasteiger partial charge on any atom is 0.406 e. The predicted molar refractivity (Wildman–Crippen MR) is 144 cm³/mol. The van der Waals surface area contributed by atoms with Crippen molar-refractivity contribution in [1.29, 1.82) is 0 Å². The molecule has 2 unspecified atom stereocenters. The Morgan fingerprint density at radius 2 is 1.77 bits per heavy atom. The Bertz CT molecular complexity index is 1150. The number of benzene rings is 1. The van der Waals surface area contributed by atoms with Crippen molar-refractivity contribution in [3.05, 3.63) is 47.5 Å². The van der Waals surface area contributed by atoms with Crippen LogP contribution in [0.2, 0.25) is 0 Å². The van der Waals surface area contributed by atoms with Crippen LogP contribution in [0, 0.1) is 11.7 Å². The topological polar surface area (TPSA) is 96.3 Å². The molecule has 3 amide bonds. The average Bonchev–Trinajstić information content (AvgIpc) is 3.41. The van der Waals surface area contributed by atoms with E-state index in [-0.39, 0.29) is 17.2 Å². The molecule has 2 atom stereocenters. The lowest BCUT2D eigenvalue weighted by Crippen LogP contribution is -2.49. The van der Waals surface area contributed by atoms with Crippen LogP contribution >= 0.6 is 0 Å². The summed E-state index contributed by atoms with van der Waals surface area (Å²) in [6.45, 7) is 6.28. The first-order valence-electron chi connectivity index (χ1n) is 13.7. The molecule has 1 saturated carbocycles. The fraction of sp³-hybridized carbons (Fsp3) is 0.571. The molecule has 2 aromatic rings. The smallest absolute Gasteiger partial charge is 0.339 e. The molecular weight excluding hydrogens is 530 g/mol. The summed E-state index contributed by atoms with van der Waals surface area (Å²) >= 11 is 0. The Kier molecular flexibility index (Phi) is 12.1. The van der Waals surface area contributed by atoms with Crippen LogP contribution < -0.4 is 10.6 Å². The number of aryl methyl sites for hydroxylation is 1. The van der Waals surface area contributed by atoms with Crippen LogP contribution in [0.25, 0.3) is 0 Å². The monoisotopic (exact) mass is 569 g/mol. The number of alkyl halides is 3. The normalized spacial score (nSPS) is 15.3. The number of anilines is 1. The molecule has 8 nitrogen and oxygen atoms in total. The predicted octanol–water partition coefficient (Wildman–Crippen LogP) is 5.51. The molecule has 1 fully saturated rings. The largest absolute Gasteiger partial charge is 0.406 e. The van der Waals surface area contributed by atoms with Crippen molar-refractivity contribution in [2.45, 2.75) is 84.5 Å². The van der Waals surface area contributed by atoms with Gasteiger partial charge in [0.1, 0.15) is 24.1 Å². The van der Waals surface area contributed by atoms with E-state index in [1.165, 1.54) is 29.9 Å². The van der Waals surface area contributed by atoms with Crippen molar-refractivity contribution in [1.82, 2.24) is 20.0 Å². The van der Waals surface area contributed by atoms with E-state index in [4.69, 9.17) is 0 Å². The van der Waals surface area contributed by atoms with Gasteiger partial charge in [0.05, 0.1) is 11.6 Å². The second-order valence-electron chi connectivity index (χ2n) is 9.64. The van der Waals surface area contributed by atoms with Gasteiger partial charge in [0.15, 0.2) is 0 Å². The second-order valence-corrected chi connectivity index (χ2v) is 9.64. The molecule has 1 aromatic carbocycles. The lowest BCUT2D eigenvalue weighted by atomic mass is 9.83. The summed E-state index contributed by atoms with van der Waals surface area (Å²) in [7, 11) is 1.03. The minimum absolute atomic E-state index is 0.130. The Morgan fingerprint density at radius 3 is 2.35 bits per heavy atom. The third-order valence-electron chi connectivity index (χ3n) is 6.85. The van der Waals surface area contributed by atoms with Crippen LogP contribution in [0.5, 0.6) is 0 Å². The number of nitrogens with one attached hydrogen (secondary N) is 2. The van der Waals surface area contributed by atoms with Gasteiger partial charge in [-0.25, -0.2) is 4.39 Å². The summed E-state index contributed by atoms with van der Waals surface area (Å²) in [5.41, 5.74) is 0.325. The zero-order chi connectivity index (χ0) is 30.0. The highest BCUT2D eigenvalue weighted by molar-refractivity contribution is 6.00. The van der Waals surface area contributed by atoms with E-state index in [0.717, 1.165) is 45.2 Å². The molecule has 1 aliphatic rings. The summed E-state index contributed by atoms with van der Waals surface area (Å²) in [6.07, 6.45) is 1.27. The molecular formula is C28H39F4N5O3. The van der Waals surface area contributed by atoms with Crippen LogP contribution in [0.3, 0.4) is 0 Å². The van der Waals surface area contributed by atoms with Crippen LogP contribution in [0.4, 0.5) is 23.2 Å². The summed E-state index contributed by atoms with van der Waals surface area (Å²) in [5, 5.41) is 9.43. The zero-order valence-corrected chi connectivity index (χ0v) is 23.6. The number of halogens is 4. The van der Waals surface area contributed by atoms with Crippen molar-refractivity contribution in [2.24, 2.45) is 5.92 Å². The van der Waals surface area contributed by atoms with Crippen molar-refractivity contribution < 1.29 is 31.9 Å². The van der Waals surface area contributed by atoms with Crippen molar-refractivity contribution in [3.63, 3.8) is 0 Å². The number of likely N-dealkylation sites (N-methyl/N-ethyl adjacent to an activating group) is 1.